The molecule has 1 aromatic heterocycles. The lowest BCUT2D eigenvalue weighted by Crippen LogP contribution is -2.15. The number of aromatic nitrogens is 1. The van der Waals surface area contributed by atoms with Gasteiger partial charge >= 0.3 is 0 Å². The predicted molar refractivity (Wildman–Crippen MR) is 253 cm³/mol. The molecular formula is C57H43N3. The molecule has 0 bridgehead atoms. The molecule has 286 valence electrons. The second kappa shape index (κ2) is 14.3. The van der Waals surface area contributed by atoms with Crippen LogP contribution in [0.4, 0.5) is 34.1 Å². The Labute approximate surface area is 351 Å². The summed E-state index contributed by atoms with van der Waals surface area (Å²) >= 11 is 0. The van der Waals surface area contributed by atoms with Crippen molar-refractivity contribution < 1.29 is 0 Å². The predicted octanol–water partition coefficient (Wildman–Crippen LogP) is 15.7. The second-order valence-electron chi connectivity index (χ2n) is 16.2. The summed E-state index contributed by atoms with van der Waals surface area (Å²) in [4.78, 5) is 4.73. The molecule has 3 nitrogen and oxygen atoms in total. The summed E-state index contributed by atoms with van der Waals surface area (Å²) < 4.78 is 2.48. The number of hydrogen-bond donors (Lipinski definition) is 0. The molecule has 0 saturated carbocycles. The minimum atomic E-state index is -0.197. The lowest BCUT2D eigenvalue weighted by Gasteiger charge is -2.26. The Kier molecular flexibility index (Phi) is 8.49. The first-order valence-corrected chi connectivity index (χ1v) is 20.8. The van der Waals surface area contributed by atoms with E-state index in [9.17, 15) is 0 Å². The Balaban J connectivity index is 1.14. The van der Waals surface area contributed by atoms with Crippen LogP contribution in [0.1, 0.15) is 25.0 Å². The van der Waals surface area contributed by atoms with E-state index < -0.39 is 0 Å². The molecular weight excluding hydrogens is 727 g/mol. The molecule has 1 heterocycles. The zero-order chi connectivity index (χ0) is 40.2. The van der Waals surface area contributed by atoms with E-state index in [0.717, 1.165) is 39.8 Å². The number of fused-ring (bicyclic) bond motifs is 7. The first-order chi connectivity index (χ1) is 29.5. The SMILES string of the molecule is CC1(C)c2ccccc2-c2ccc3c(c21)c1cc(N(c2ccccc2)c2ccccc2)ccc1n3-c1cccc(N(c2ccccc2)c2ccc(-c3ccccc3)cc2)c1. The lowest BCUT2D eigenvalue weighted by molar-refractivity contribution is 0.666. The molecule has 1 aliphatic rings. The number of rotatable bonds is 8. The van der Waals surface area contributed by atoms with Crippen molar-refractivity contribution in [3.63, 3.8) is 0 Å². The first kappa shape index (κ1) is 35.5. The van der Waals surface area contributed by atoms with Gasteiger partial charge in [-0.05, 0) is 124 Å². The van der Waals surface area contributed by atoms with Gasteiger partial charge in [0.05, 0.1) is 11.0 Å². The van der Waals surface area contributed by atoms with E-state index in [2.05, 4.69) is 253 Å². The van der Waals surface area contributed by atoms with Gasteiger partial charge in [-0.15, -0.1) is 0 Å². The normalized spacial score (nSPS) is 12.6. The Morgan fingerprint density at radius 1 is 0.367 bits per heavy atom. The van der Waals surface area contributed by atoms with Gasteiger partial charge in [-0.1, -0.05) is 147 Å². The van der Waals surface area contributed by atoms with Gasteiger partial charge in [0.15, 0.2) is 0 Å². The zero-order valence-electron chi connectivity index (χ0n) is 33.7. The quantitative estimate of drug-likeness (QED) is 0.152. The monoisotopic (exact) mass is 769 g/mol. The van der Waals surface area contributed by atoms with Crippen LogP contribution in [-0.4, -0.2) is 4.57 Å². The van der Waals surface area contributed by atoms with Gasteiger partial charge in [-0.2, -0.15) is 0 Å². The molecule has 1 aliphatic carbocycles. The number of hydrogen-bond acceptors (Lipinski definition) is 2. The van der Waals surface area contributed by atoms with Crippen molar-refractivity contribution in [1.82, 2.24) is 4.57 Å². The number of benzene rings is 9. The van der Waals surface area contributed by atoms with Gasteiger partial charge < -0.3 is 14.4 Å². The van der Waals surface area contributed by atoms with Gasteiger partial charge in [0, 0.05) is 56.0 Å². The Bertz CT molecular complexity index is 3110. The van der Waals surface area contributed by atoms with Crippen LogP contribution < -0.4 is 9.80 Å². The van der Waals surface area contributed by atoms with Crippen molar-refractivity contribution in [2.24, 2.45) is 0 Å². The summed E-state index contributed by atoms with van der Waals surface area (Å²) in [6, 6.07) is 81.3. The standard InChI is InChI=1S/C57H43N3/c1-57(2)52-29-16-15-28-49(52)50-35-37-54-55(56(50)57)51-39-48(58(42-20-9-4-10-21-42)43-22-11-5-12-23-43)34-36-53(51)60(54)47-27-17-26-46(38-47)59(44-24-13-6-14-25-44)45-32-30-41(31-33-45)40-18-7-3-8-19-40/h3-39H,1-2H3. The third-order valence-corrected chi connectivity index (χ3v) is 12.3. The number of para-hydroxylation sites is 3. The lowest BCUT2D eigenvalue weighted by atomic mass is 9.80. The minimum Gasteiger partial charge on any atom is -0.310 e. The molecule has 60 heavy (non-hydrogen) atoms. The molecule has 0 aliphatic heterocycles. The van der Waals surface area contributed by atoms with Crippen LogP contribution >= 0.6 is 0 Å². The molecule has 0 saturated heterocycles. The molecule has 0 spiro atoms. The fraction of sp³-hybridized carbons (Fsp3) is 0.0526. The fourth-order valence-electron chi connectivity index (χ4n) is 9.62. The molecule has 9 aromatic carbocycles. The van der Waals surface area contributed by atoms with Crippen molar-refractivity contribution in [2.75, 3.05) is 9.80 Å². The molecule has 0 fully saturated rings. The Hall–Kier alpha value is -7.62. The van der Waals surface area contributed by atoms with Crippen LogP contribution in [0.5, 0.6) is 0 Å². The molecule has 11 rings (SSSR count). The van der Waals surface area contributed by atoms with Crippen molar-refractivity contribution in [1.29, 1.82) is 0 Å². The summed E-state index contributed by atoms with van der Waals surface area (Å²) in [7, 11) is 0. The maximum absolute atomic E-state index is 2.48. The smallest absolute Gasteiger partial charge is 0.0544 e. The van der Waals surface area contributed by atoms with Crippen molar-refractivity contribution in [3.05, 3.63) is 236 Å². The summed E-state index contributed by atoms with van der Waals surface area (Å²) in [6.07, 6.45) is 0. The van der Waals surface area contributed by atoms with Crippen LogP contribution in [0, 0.1) is 0 Å². The van der Waals surface area contributed by atoms with Crippen molar-refractivity contribution in [2.45, 2.75) is 19.3 Å². The molecule has 0 unspecified atom stereocenters. The van der Waals surface area contributed by atoms with E-state index in [1.54, 1.807) is 0 Å². The average Bonchev–Trinajstić information content (AvgIpc) is 3.76. The van der Waals surface area contributed by atoms with Crippen LogP contribution in [0.15, 0.2) is 224 Å². The highest BCUT2D eigenvalue weighted by atomic mass is 15.2. The van der Waals surface area contributed by atoms with Crippen LogP contribution in [0.3, 0.4) is 0 Å². The molecule has 3 heteroatoms. The van der Waals surface area contributed by atoms with E-state index in [1.165, 1.54) is 55.2 Å². The molecule has 0 amide bonds. The summed E-state index contributed by atoms with van der Waals surface area (Å²) in [5.74, 6) is 0. The fourth-order valence-corrected chi connectivity index (χ4v) is 9.62. The second-order valence-corrected chi connectivity index (χ2v) is 16.2. The van der Waals surface area contributed by atoms with Crippen molar-refractivity contribution >= 4 is 55.9 Å². The van der Waals surface area contributed by atoms with E-state index in [1.807, 2.05) is 0 Å². The maximum atomic E-state index is 2.48. The average molecular weight is 770 g/mol. The third kappa shape index (κ3) is 5.81. The first-order valence-electron chi connectivity index (χ1n) is 20.8. The van der Waals surface area contributed by atoms with Gasteiger partial charge in [0.1, 0.15) is 0 Å². The Morgan fingerprint density at radius 2 is 0.850 bits per heavy atom. The van der Waals surface area contributed by atoms with Gasteiger partial charge in [0.2, 0.25) is 0 Å². The number of nitrogens with zero attached hydrogens (tertiary/aromatic N) is 3. The molecule has 0 radical (unpaired) electrons. The highest BCUT2D eigenvalue weighted by Crippen LogP contribution is 2.54. The summed E-state index contributed by atoms with van der Waals surface area (Å²) in [6.45, 7) is 4.79. The van der Waals surface area contributed by atoms with Gasteiger partial charge in [-0.25, -0.2) is 0 Å². The highest BCUT2D eigenvalue weighted by molar-refractivity contribution is 6.15. The van der Waals surface area contributed by atoms with Crippen LogP contribution in [0.25, 0.3) is 49.7 Å². The van der Waals surface area contributed by atoms with E-state index in [-0.39, 0.29) is 5.41 Å². The van der Waals surface area contributed by atoms with E-state index in [0.29, 0.717) is 0 Å². The van der Waals surface area contributed by atoms with E-state index in [4.69, 9.17) is 0 Å². The molecule has 0 N–H and O–H groups in total. The van der Waals surface area contributed by atoms with Gasteiger partial charge in [-0.3, -0.25) is 0 Å². The largest absolute Gasteiger partial charge is 0.310 e. The van der Waals surface area contributed by atoms with Crippen molar-refractivity contribution in [3.8, 4) is 27.9 Å². The third-order valence-electron chi connectivity index (χ3n) is 12.3. The zero-order valence-corrected chi connectivity index (χ0v) is 33.7. The van der Waals surface area contributed by atoms with E-state index >= 15 is 0 Å². The Morgan fingerprint density at radius 3 is 1.48 bits per heavy atom. The van der Waals surface area contributed by atoms with Crippen LogP contribution in [0.2, 0.25) is 0 Å². The molecule has 0 atom stereocenters. The topological polar surface area (TPSA) is 11.4 Å². The minimum absolute atomic E-state index is 0.197. The molecule has 10 aromatic rings. The maximum Gasteiger partial charge on any atom is 0.0544 e. The summed E-state index contributed by atoms with van der Waals surface area (Å²) in [5.41, 5.74) is 17.7. The summed E-state index contributed by atoms with van der Waals surface area (Å²) in [5, 5.41) is 2.53. The highest BCUT2D eigenvalue weighted by Gasteiger charge is 2.38. The van der Waals surface area contributed by atoms with Crippen LogP contribution in [-0.2, 0) is 5.41 Å². The number of anilines is 6. The van der Waals surface area contributed by atoms with Gasteiger partial charge in [0.25, 0.3) is 0 Å².